The zero-order chi connectivity index (χ0) is 12.3. The molecule has 0 radical (unpaired) electrons. The van der Waals surface area contributed by atoms with Crippen molar-refractivity contribution in [3.05, 3.63) is 11.1 Å². The van der Waals surface area contributed by atoms with Gasteiger partial charge in [-0.2, -0.15) is 0 Å². The van der Waals surface area contributed by atoms with Crippen molar-refractivity contribution < 1.29 is 9.59 Å². The van der Waals surface area contributed by atoms with Crippen LogP contribution in [-0.2, 0) is 9.59 Å². The second kappa shape index (κ2) is 5.34. The number of nitrogens with zero attached hydrogens (tertiary/aromatic N) is 1. The highest BCUT2D eigenvalue weighted by atomic mass is 35.5. The van der Waals surface area contributed by atoms with Crippen LogP contribution in [0.4, 0.5) is 0 Å². The molecule has 0 saturated carbocycles. The van der Waals surface area contributed by atoms with E-state index in [2.05, 4.69) is 5.32 Å². The molecule has 1 saturated heterocycles. The molecule has 1 heterocycles. The van der Waals surface area contributed by atoms with Gasteiger partial charge in [-0.3, -0.25) is 9.59 Å². The normalized spacial score (nSPS) is 27.0. The van der Waals surface area contributed by atoms with Gasteiger partial charge < -0.3 is 10.2 Å². The smallest absolute Gasteiger partial charge is 0.246 e. The van der Waals surface area contributed by atoms with E-state index >= 15 is 0 Å². The van der Waals surface area contributed by atoms with E-state index in [1.165, 1.54) is 5.54 Å². The number of carbonyl (C=O) groups excluding carboxylic acids is 2. The van der Waals surface area contributed by atoms with Gasteiger partial charge in [0.25, 0.3) is 0 Å². The second-order valence-corrected chi connectivity index (χ2v) is 4.29. The van der Waals surface area contributed by atoms with Crippen molar-refractivity contribution in [1.29, 1.82) is 0 Å². The van der Waals surface area contributed by atoms with Gasteiger partial charge in [0.2, 0.25) is 11.8 Å². The molecular weight excluding hydrogens is 228 g/mol. The Balaban J connectivity index is 2.85. The zero-order valence-electron chi connectivity index (χ0n) is 9.79. The Morgan fingerprint density at radius 1 is 1.56 bits per heavy atom. The van der Waals surface area contributed by atoms with Crippen LogP contribution in [0.1, 0.15) is 27.2 Å². The van der Waals surface area contributed by atoms with Crippen molar-refractivity contribution in [2.24, 2.45) is 0 Å². The van der Waals surface area contributed by atoms with Crippen LogP contribution in [0.2, 0.25) is 0 Å². The molecule has 0 aliphatic carbocycles. The lowest BCUT2D eigenvalue weighted by Gasteiger charge is -2.37. The molecular formula is C11H17ClN2O2. The summed E-state index contributed by atoms with van der Waals surface area (Å²) in [5.41, 5.74) is 2.31. The average Bonchev–Trinajstić information content (AvgIpc) is 2.28. The van der Waals surface area contributed by atoms with E-state index in [9.17, 15) is 9.59 Å². The molecule has 5 heteroatoms. The molecule has 2 amide bonds. The quantitative estimate of drug-likeness (QED) is 0.813. The van der Waals surface area contributed by atoms with Crippen molar-refractivity contribution >= 4 is 23.4 Å². The van der Waals surface area contributed by atoms with Gasteiger partial charge in [0, 0.05) is 12.1 Å². The number of hydrogen-bond donors (Lipinski definition) is 1. The molecule has 0 bridgehead atoms. The van der Waals surface area contributed by atoms with E-state index in [-0.39, 0.29) is 11.8 Å². The lowest BCUT2D eigenvalue weighted by atomic mass is 10.1. The predicted octanol–water partition coefficient (Wildman–Crippen LogP) is 1.25. The molecule has 1 rings (SSSR count). The summed E-state index contributed by atoms with van der Waals surface area (Å²) in [5.74, 6) is -0.138. The van der Waals surface area contributed by atoms with Crippen LogP contribution < -0.4 is 5.32 Å². The number of nitrogens with one attached hydrogen (secondary N) is 1. The highest BCUT2D eigenvalue weighted by Crippen LogP contribution is 2.14. The van der Waals surface area contributed by atoms with Gasteiger partial charge in [0.15, 0.2) is 0 Å². The fraction of sp³-hybridized carbons (Fsp3) is 0.636. The highest BCUT2D eigenvalue weighted by molar-refractivity contribution is 6.25. The summed E-state index contributed by atoms with van der Waals surface area (Å²) in [6, 6.07) is -0.825. The minimum absolute atomic E-state index is 0.0348. The van der Waals surface area contributed by atoms with Crippen LogP contribution >= 0.6 is 11.6 Å². The summed E-state index contributed by atoms with van der Waals surface area (Å²) in [5, 5.41) is 2.70. The average molecular weight is 245 g/mol. The zero-order valence-corrected chi connectivity index (χ0v) is 10.5. The third-order valence-corrected chi connectivity index (χ3v) is 3.13. The number of rotatable bonds is 3. The molecule has 2 atom stereocenters. The van der Waals surface area contributed by atoms with E-state index in [1.54, 1.807) is 11.8 Å². The SMILES string of the molecule is CCC1NC(=O)C(C)N(CC(C)=CCl)C1=O. The van der Waals surface area contributed by atoms with Crippen LogP contribution in [0.3, 0.4) is 0 Å². The Kier molecular flexibility index (Phi) is 4.35. The van der Waals surface area contributed by atoms with Crippen LogP contribution in [-0.4, -0.2) is 35.3 Å². The summed E-state index contributed by atoms with van der Waals surface area (Å²) in [6.07, 6.45) is 0.609. The number of hydrogen-bond acceptors (Lipinski definition) is 2. The summed E-state index contributed by atoms with van der Waals surface area (Å²) < 4.78 is 0. The first-order chi connectivity index (χ1) is 7.51. The van der Waals surface area contributed by atoms with Gasteiger partial charge in [-0.05, 0) is 25.8 Å². The first-order valence-corrected chi connectivity index (χ1v) is 5.81. The van der Waals surface area contributed by atoms with Crippen LogP contribution in [0, 0.1) is 0 Å². The van der Waals surface area contributed by atoms with Gasteiger partial charge in [-0.1, -0.05) is 18.5 Å². The lowest BCUT2D eigenvalue weighted by molar-refractivity contribution is -0.148. The van der Waals surface area contributed by atoms with Gasteiger partial charge in [0.05, 0.1) is 0 Å². The van der Waals surface area contributed by atoms with E-state index in [4.69, 9.17) is 11.6 Å². The standard InChI is InChI=1S/C11H17ClN2O2/c1-4-9-11(16)14(6-7(2)5-12)8(3)10(15)13-9/h5,8-9H,4,6H2,1-3H3,(H,13,15). The van der Waals surface area contributed by atoms with E-state index < -0.39 is 12.1 Å². The maximum absolute atomic E-state index is 12.0. The first-order valence-electron chi connectivity index (χ1n) is 5.38. The fourth-order valence-corrected chi connectivity index (χ4v) is 1.75. The Hall–Kier alpha value is -1.03. The maximum Gasteiger partial charge on any atom is 0.246 e. The number of piperazine rings is 1. The minimum Gasteiger partial charge on any atom is -0.343 e. The topological polar surface area (TPSA) is 49.4 Å². The number of carbonyl (C=O) groups is 2. The molecule has 0 aromatic rings. The van der Waals surface area contributed by atoms with Gasteiger partial charge >= 0.3 is 0 Å². The molecule has 90 valence electrons. The maximum atomic E-state index is 12.0. The lowest BCUT2D eigenvalue weighted by Crippen LogP contribution is -2.62. The predicted molar refractivity (Wildman–Crippen MR) is 63.0 cm³/mol. The molecule has 1 N–H and O–H groups in total. The largest absolute Gasteiger partial charge is 0.343 e. The molecule has 1 fully saturated rings. The minimum atomic E-state index is -0.429. The molecule has 1 aliphatic heterocycles. The molecule has 4 nitrogen and oxygen atoms in total. The van der Waals surface area contributed by atoms with E-state index in [0.717, 1.165) is 5.57 Å². The van der Waals surface area contributed by atoms with Crippen molar-refractivity contribution in [1.82, 2.24) is 10.2 Å². The summed E-state index contributed by atoms with van der Waals surface area (Å²) >= 11 is 5.57. The monoisotopic (exact) mass is 244 g/mol. The summed E-state index contributed by atoms with van der Waals surface area (Å²) in [6.45, 7) is 5.84. The number of amides is 2. The van der Waals surface area contributed by atoms with Crippen molar-refractivity contribution in [3.63, 3.8) is 0 Å². The van der Waals surface area contributed by atoms with E-state index in [1.807, 2.05) is 13.8 Å². The van der Waals surface area contributed by atoms with Gasteiger partial charge in [-0.15, -0.1) is 0 Å². The molecule has 2 unspecified atom stereocenters. The Morgan fingerprint density at radius 2 is 2.19 bits per heavy atom. The molecule has 0 aromatic heterocycles. The van der Waals surface area contributed by atoms with Gasteiger partial charge in [-0.25, -0.2) is 0 Å². The molecule has 1 aliphatic rings. The third kappa shape index (κ3) is 2.55. The summed E-state index contributed by atoms with van der Waals surface area (Å²) in [4.78, 5) is 25.2. The van der Waals surface area contributed by atoms with Crippen molar-refractivity contribution in [3.8, 4) is 0 Å². The van der Waals surface area contributed by atoms with Crippen LogP contribution in [0.15, 0.2) is 11.1 Å². The van der Waals surface area contributed by atoms with Crippen LogP contribution in [0.5, 0.6) is 0 Å². The van der Waals surface area contributed by atoms with Crippen molar-refractivity contribution in [2.45, 2.75) is 39.3 Å². The molecule has 0 aromatic carbocycles. The number of halogens is 1. The third-order valence-electron chi connectivity index (χ3n) is 2.76. The molecule has 0 spiro atoms. The highest BCUT2D eigenvalue weighted by Gasteiger charge is 2.36. The van der Waals surface area contributed by atoms with Crippen molar-refractivity contribution in [2.75, 3.05) is 6.54 Å². The Morgan fingerprint density at radius 3 is 2.69 bits per heavy atom. The molecule has 16 heavy (non-hydrogen) atoms. The van der Waals surface area contributed by atoms with E-state index in [0.29, 0.717) is 13.0 Å². The van der Waals surface area contributed by atoms with Crippen LogP contribution in [0.25, 0.3) is 0 Å². The Bertz CT molecular complexity index is 328. The van der Waals surface area contributed by atoms with Gasteiger partial charge in [0.1, 0.15) is 12.1 Å². The summed E-state index contributed by atoms with van der Waals surface area (Å²) in [7, 11) is 0. The second-order valence-electron chi connectivity index (χ2n) is 4.07. The Labute approximate surface area is 101 Å². The fourth-order valence-electron chi connectivity index (χ4n) is 1.68. The first kappa shape index (κ1) is 13.0.